The first-order chi connectivity index (χ1) is 10.6. The van der Waals surface area contributed by atoms with E-state index in [2.05, 4.69) is 24.4 Å². The summed E-state index contributed by atoms with van der Waals surface area (Å²) in [6.45, 7) is 3.30. The third kappa shape index (κ3) is 2.26. The molecule has 1 aromatic carbocycles. The lowest BCUT2D eigenvalue weighted by molar-refractivity contribution is -0.127. The Hall–Kier alpha value is -1.06. The molecular weight excluding hydrogens is 274 g/mol. The van der Waals surface area contributed by atoms with Crippen LogP contribution in [0.1, 0.15) is 38.2 Å². The van der Waals surface area contributed by atoms with Gasteiger partial charge in [0.2, 0.25) is 0 Å². The van der Waals surface area contributed by atoms with Gasteiger partial charge in [-0.3, -0.25) is 0 Å². The van der Waals surface area contributed by atoms with Gasteiger partial charge < -0.3 is 15.2 Å². The van der Waals surface area contributed by atoms with Crippen molar-refractivity contribution in [1.82, 2.24) is 5.32 Å². The molecule has 4 rings (SSSR count). The van der Waals surface area contributed by atoms with Crippen LogP contribution in [0.4, 0.5) is 0 Å². The van der Waals surface area contributed by atoms with Crippen LogP contribution < -0.4 is 10.1 Å². The standard InChI is InChI=1S/C19H27NO2/c1-12-7-14-9-19(21)10-15(8-17(14)19)18(12)20-11-13-3-5-16(22-2)6-4-13/h3-6,12,14-15,17-18,20-21H,7-11H2,1-2H3/t12?,14?,15?,17?,18-,19+/m0/s1. The Balaban J connectivity index is 1.43. The summed E-state index contributed by atoms with van der Waals surface area (Å²) in [4.78, 5) is 0. The van der Waals surface area contributed by atoms with Gasteiger partial charge in [0, 0.05) is 12.6 Å². The number of methoxy groups -OCH3 is 1. The number of rotatable bonds is 4. The van der Waals surface area contributed by atoms with Gasteiger partial charge in [-0.1, -0.05) is 19.1 Å². The molecule has 0 aliphatic heterocycles. The smallest absolute Gasteiger partial charge is 0.118 e. The quantitative estimate of drug-likeness (QED) is 0.898. The minimum absolute atomic E-state index is 0.310. The Labute approximate surface area is 133 Å². The summed E-state index contributed by atoms with van der Waals surface area (Å²) in [6.07, 6.45) is 4.58. The number of benzene rings is 1. The second-order valence-corrected chi connectivity index (χ2v) is 7.84. The molecule has 3 heteroatoms. The number of nitrogens with one attached hydrogen (secondary N) is 1. The fraction of sp³-hybridized carbons (Fsp3) is 0.684. The summed E-state index contributed by atoms with van der Waals surface area (Å²) in [5, 5.41) is 14.5. The van der Waals surface area contributed by atoms with Crippen LogP contribution in [0, 0.1) is 23.7 Å². The van der Waals surface area contributed by atoms with Gasteiger partial charge >= 0.3 is 0 Å². The molecule has 22 heavy (non-hydrogen) atoms. The first-order valence-corrected chi connectivity index (χ1v) is 8.68. The van der Waals surface area contributed by atoms with Gasteiger partial charge in [-0.15, -0.1) is 0 Å². The molecule has 3 aliphatic rings. The molecule has 3 aliphatic carbocycles. The summed E-state index contributed by atoms with van der Waals surface area (Å²) in [7, 11) is 1.70. The van der Waals surface area contributed by atoms with E-state index >= 15 is 0 Å². The molecule has 3 saturated carbocycles. The number of ether oxygens (including phenoxy) is 1. The van der Waals surface area contributed by atoms with Crippen LogP contribution in [-0.2, 0) is 6.54 Å². The largest absolute Gasteiger partial charge is 0.497 e. The van der Waals surface area contributed by atoms with E-state index in [0.717, 1.165) is 31.1 Å². The minimum Gasteiger partial charge on any atom is -0.497 e. The predicted octanol–water partition coefficient (Wildman–Crippen LogP) is 2.97. The Morgan fingerprint density at radius 1 is 1.18 bits per heavy atom. The Kier molecular flexibility index (Phi) is 3.46. The van der Waals surface area contributed by atoms with Crippen molar-refractivity contribution < 1.29 is 9.84 Å². The molecule has 3 fully saturated rings. The third-order valence-corrected chi connectivity index (χ3v) is 6.54. The SMILES string of the molecule is COc1ccc(CN[C@H]2C(C)CC3C[C@@]4(O)CC2CC34)cc1. The fourth-order valence-corrected chi connectivity index (χ4v) is 5.49. The molecule has 0 heterocycles. The lowest BCUT2D eigenvalue weighted by Crippen LogP contribution is -2.53. The highest BCUT2D eigenvalue weighted by Gasteiger charge is 2.61. The van der Waals surface area contributed by atoms with Crippen molar-refractivity contribution in [2.24, 2.45) is 23.7 Å². The van der Waals surface area contributed by atoms with Crippen molar-refractivity contribution in [2.75, 3.05) is 7.11 Å². The first-order valence-electron chi connectivity index (χ1n) is 8.68. The van der Waals surface area contributed by atoms with Crippen molar-refractivity contribution in [3.05, 3.63) is 29.8 Å². The van der Waals surface area contributed by atoms with Gasteiger partial charge in [-0.05, 0) is 67.1 Å². The number of hydrogen-bond acceptors (Lipinski definition) is 3. The highest BCUT2D eigenvalue weighted by molar-refractivity contribution is 5.27. The maximum absolute atomic E-state index is 10.7. The summed E-state index contributed by atoms with van der Waals surface area (Å²) < 4.78 is 5.22. The van der Waals surface area contributed by atoms with E-state index in [4.69, 9.17) is 4.74 Å². The van der Waals surface area contributed by atoms with E-state index in [9.17, 15) is 5.11 Å². The summed E-state index contributed by atoms with van der Waals surface area (Å²) in [5.41, 5.74) is 0.992. The van der Waals surface area contributed by atoms with Crippen LogP contribution >= 0.6 is 0 Å². The summed E-state index contributed by atoms with van der Waals surface area (Å²) in [5.74, 6) is 3.64. The molecule has 0 spiro atoms. The molecule has 4 unspecified atom stereocenters. The molecule has 3 nitrogen and oxygen atoms in total. The molecule has 0 saturated heterocycles. The van der Waals surface area contributed by atoms with Crippen molar-refractivity contribution in [3.8, 4) is 5.75 Å². The van der Waals surface area contributed by atoms with Gasteiger partial charge in [-0.2, -0.15) is 0 Å². The fourth-order valence-electron chi connectivity index (χ4n) is 5.49. The van der Waals surface area contributed by atoms with Crippen LogP contribution in [-0.4, -0.2) is 23.9 Å². The Morgan fingerprint density at radius 3 is 2.64 bits per heavy atom. The van der Waals surface area contributed by atoms with Crippen molar-refractivity contribution in [3.63, 3.8) is 0 Å². The van der Waals surface area contributed by atoms with Gasteiger partial charge in [0.25, 0.3) is 0 Å². The van der Waals surface area contributed by atoms with E-state index in [1.165, 1.54) is 18.4 Å². The average Bonchev–Trinajstić information content (AvgIpc) is 2.71. The lowest BCUT2D eigenvalue weighted by Gasteiger charge is -2.50. The number of hydrogen-bond donors (Lipinski definition) is 2. The average molecular weight is 301 g/mol. The number of aliphatic hydroxyl groups is 1. The lowest BCUT2D eigenvalue weighted by atomic mass is 9.60. The zero-order valence-electron chi connectivity index (χ0n) is 13.6. The Morgan fingerprint density at radius 2 is 1.91 bits per heavy atom. The van der Waals surface area contributed by atoms with E-state index < -0.39 is 0 Å². The maximum Gasteiger partial charge on any atom is 0.118 e. The molecule has 2 N–H and O–H groups in total. The topological polar surface area (TPSA) is 41.5 Å². The zero-order chi connectivity index (χ0) is 15.3. The van der Waals surface area contributed by atoms with Gasteiger partial charge in [-0.25, -0.2) is 0 Å². The molecule has 0 aromatic heterocycles. The van der Waals surface area contributed by atoms with Crippen LogP contribution in [0.25, 0.3) is 0 Å². The number of fused-ring (bicyclic) bond motifs is 1. The van der Waals surface area contributed by atoms with Crippen molar-refractivity contribution >= 4 is 0 Å². The monoisotopic (exact) mass is 301 g/mol. The second-order valence-electron chi connectivity index (χ2n) is 7.84. The van der Waals surface area contributed by atoms with Crippen molar-refractivity contribution in [2.45, 2.75) is 50.8 Å². The Bertz CT molecular complexity index is 543. The minimum atomic E-state index is -0.310. The molecule has 0 radical (unpaired) electrons. The van der Waals surface area contributed by atoms with Gasteiger partial charge in [0.1, 0.15) is 5.75 Å². The molecule has 0 amide bonds. The predicted molar refractivity (Wildman–Crippen MR) is 86.7 cm³/mol. The molecule has 120 valence electrons. The van der Waals surface area contributed by atoms with Crippen LogP contribution in [0.2, 0.25) is 0 Å². The van der Waals surface area contributed by atoms with E-state index in [-0.39, 0.29) is 5.60 Å². The van der Waals surface area contributed by atoms with E-state index in [1.807, 2.05) is 12.1 Å². The molecular formula is C19H27NO2. The van der Waals surface area contributed by atoms with Crippen molar-refractivity contribution in [1.29, 1.82) is 0 Å². The van der Waals surface area contributed by atoms with E-state index in [1.54, 1.807) is 7.11 Å². The van der Waals surface area contributed by atoms with Gasteiger partial charge in [0.15, 0.2) is 0 Å². The van der Waals surface area contributed by atoms with Crippen LogP contribution in [0.3, 0.4) is 0 Å². The highest BCUT2D eigenvalue weighted by atomic mass is 16.5. The molecule has 2 bridgehead atoms. The molecule has 1 aromatic rings. The van der Waals surface area contributed by atoms with E-state index in [0.29, 0.717) is 23.8 Å². The van der Waals surface area contributed by atoms with Gasteiger partial charge in [0.05, 0.1) is 12.7 Å². The molecule has 6 atom stereocenters. The van der Waals surface area contributed by atoms with Crippen LogP contribution in [0.5, 0.6) is 5.75 Å². The third-order valence-electron chi connectivity index (χ3n) is 6.54. The first kappa shape index (κ1) is 14.5. The normalized spacial score (nSPS) is 42.6. The van der Waals surface area contributed by atoms with Crippen LogP contribution in [0.15, 0.2) is 24.3 Å². The highest BCUT2D eigenvalue weighted by Crippen LogP contribution is 2.61. The summed E-state index contributed by atoms with van der Waals surface area (Å²) >= 11 is 0. The zero-order valence-corrected chi connectivity index (χ0v) is 13.6. The summed E-state index contributed by atoms with van der Waals surface area (Å²) in [6, 6.07) is 8.86. The maximum atomic E-state index is 10.7. The second kappa shape index (κ2) is 5.24.